The molecule has 1 aromatic rings. The number of nitrogens with zero attached hydrogens (tertiary/aromatic N) is 2. The fourth-order valence-corrected chi connectivity index (χ4v) is 3.38. The number of pyridine rings is 1. The van der Waals surface area contributed by atoms with Gasteiger partial charge in [0.1, 0.15) is 6.10 Å². The molecule has 3 rings (SSSR count). The monoisotopic (exact) mass is 318 g/mol. The van der Waals surface area contributed by atoms with E-state index in [0.717, 1.165) is 38.9 Å². The molecule has 1 aromatic heterocycles. The van der Waals surface area contributed by atoms with Crippen LogP contribution in [-0.4, -0.2) is 48.2 Å². The summed E-state index contributed by atoms with van der Waals surface area (Å²) in [6, 6.07) is 4.00. The van der Waals surface area contributed by atoms with Gasteiger partial charge in [0.15, 0.2) is 0 Å². The summed E-state index contributed by atoms with van der Waals surface area (Å²) in [6.45, 7) is 1.49. The second-order valence-electron chi connectivity index (χ2n) is 6.52. The molecule has 0 spiro atoms. The van der Waals surface area contributed by atoms with E-state index in [-0.39, 0.29) is 12.0 Å². The summed E-state index contributed by atoms with van der Waals surface area (Å²) in [6.07, 6.45) is 9.55. The van der Waals surface area contributed by atoms with Gasteiger partial charge in [-0.25, -0.2) is 4.98 Å². The van der Waals surface area contributed by atoms with E-state index < -0.39 is 0 Å². The Morgan fingerprint density at radius 2 is 1.91 bits per heavy atom. The second kappa shape index (κ2) is 7.77. The van der Waals surface area contributed by atoms with Gasteiger partial charge in [-0.05, 0) is 18.9 Å². The van der Waals surface area contributed by atoms with Crippen molar-refractivity contribution in [1.29, 1.82) is 0 Å². The summed E-state index contributed by atoms with van der Waals surface area (Å²) in [5.74, 6) is 0.649. The predicted molar refractivity (Wildman–Crippen MR) is 87.7 cm³/mol. The van der Waals surface area contributed by atoms with Crippen molar-refractivity contribution in [2.45, 2.75) is 57.1 Å². The number of carbonyl (C=O) groups is 1. The minimum absolute atomic E-state index is 0.0574. The van der Waals surface area contributed by atoms with E-state index in [2.05, 4.69) is 4.98 Å². The van der Waals surface area contributed by atoms with Gasteiger partial charge in [-0.1, -0.05) is 19.3 Å². The molecule has 23 heavy (non-hydrogen) atoms. The highest BCUT2D eigenvalue weighted by Crippen LogP contribution is 2.23. The van der Waals surface area contributed by atoms with Gasteiger partial charge in [-0.2, -0.15) is 0 Å². The van der Waals surface area contributed by atoms with E-state index in [9.17, 15) is 4.79 Å². The summed E-state index contributed by atoms with van der Waals surface area (Å²) in [5, 5.41) is 0. The van der Waals surface area contributed by atoms with Gasteiger partial charge in [-0.3, -0.25) is 4.79 Å². The number of carbonyl (C=O) groups excluding carboxylic acids is 1. The molecule has 1 aliphatic heterocycles. The Balaban J connectivity index is 1.58. The molecular formula is C18H26N2O3. The maximum absolute atomic E-state index is 12.6. The summed E-state index contributed by atoms with van der Waals surface area (Å²) in [5.41, 5.74) is 0.636. The minimum atomic E-state index is 0.0574. The average molecular weight is 318 g/mol. The number of hydrogen-bond donors (Lipinski definition) is 0. The number of aromatic nitrogens is 1. The Hall–Kier alpha value is -1.62. The molecule has 1 saturated carbocycles. The van der Waals surface area contributed by atoms with Crippen molar-refractivity contribution in [3.05, 3.63) is 23.9 Å². The highest BCUT2D eigenvalue weighted by molar-refractivity contribution is 5.94. The maximum atomic E-state index is 12.6. The molecule has 1 saturated heterocycles. The van der Waals surface area contributed by atoms with E-state index >= 15 is 0 Å². The first kappa shape index (κ1) is 16.2. The topological polar surface area (TPSA) is 51.7 Å². The van der Waals surface area contributed by atoms with Crippen LogP contribution in [0.4, 0.5) is 0 Å². The predicted octanol–water partition coefficient (Wildman–Crippen LogP) is 3.04. The molecule has 5 nitrogen and oxygen atoms in total. The Morgan fingerprint density at radius 3 is 2.57 bits per heavy atom. The fourth-order valence-electron chi connectivity index (χ4n) is 3.38. The van der Waals surface area contributed by atoms with Crippen LogP contribution in [0.3, 0.4) is 0 Å². The Bertz CT molecular complexity index is 506. The summed E-state index contributed by atoms with van der Waals surface area (Å²) in [4.78, 5) is 18.8. The van der Waals surface area contributed by atoms with E-state index in [4.69, 9.17) is 9.47 Å². The van der Waals surface area contributed by atoms with Crippen molar-refractivity contribution in [1.82, 2.24) is 9.88 Å². The molecule has 0 atom stereocenters. The third-order valence-corrected chi connectivity index (χ3v) is 4.88. The largest absolute Gasteiger partial charge is 0.474 e. The first-order valence-corrected chi connectivity index (χ1v) is 8.71. The van der Waals surface area contributed by atoms with Gasteiger partial charge < -0.3 is 14.4 Å². The van der Waals surface area contributed by atoms with Crippen molar-refractivity contribution >= 4 is 5.91 Å². The van der Waals surface area contributed by atoms with Crippen molar-refractivity contribution in [3.8, 4) is 5.88 Å². The van der Waals surface area contributed by atoms with Crippen molar-refractivity contribution in [3.63, 3.8) is 0 Å². The van der Waals surface area contributed by atoms with Gasteiger partial charge in [0.25, 0.3) is 5.91 Å². The molecule has 2 aliphatic rings. The van der Waals surface area contributed by atoms with E-state index in [0.29, 0.717) is 17.5 Å². The summed E-state index contributed by atoms with van der Waals surface area (Å²) < 4.78 is 11.2. The molecule has 0 bridgehead atoms. The second-order valence-corrected chi connectivity index (χ2v) is 6.52. The molecule has 5 heteroatoms. The van der Waals surface area contributed by atoms with Crippen LogP contribution in [-0.2, 0) is 4.74 Å². The van der Waals surface area contributed by atoms with E-state index in [1.165, 1.54) is 19.3 Å². The van der Waals surface area contributed by atoms with Gasteiger partial charge in [-0.15, -0.1) is 0 Å². The van der Waals surface area contributed by atoms with Gasteiger partial charge in [0.2, 0.25) is 5.88 Å². The minimum Gasteiger partial charge on any atom is -0.474 e. The van der Waals surface area contributed by atoms with Crippen LogP contribution < -0.4 is 4.74 Å². The van der Waals surface area contributed by atoms with Crippen LogP contribution >= 0.6 is 0 Å². The quantitative estimate of drug-likeness (QED) is 0.856. The van der Waals surface area contributed by atoms with Gasteiger partial charge in [0, 0.05) is 38.2 Å². The van der Waals surface area contributed by atoms with Crippen LogP contribution in [0.25, 0.3) is 0 Å². The molecule has 0 N–H and O–H groups in total. The Labute approximate surface area is 138 Å². The molecule has 1 amide bonds. The van der Waals surface area contributed by atoms with E-state index in [1.807, 2.05) is 18.0 Å². The van der Waals surface area contributed by atoms with Crippen LogP contribution in [0.1, 0.15) is 55.3 Å². The fraction of sp³-hybridized carbons (Fsp3) is 0.667. The molecular weight excluding hydrogens is 292 g/mol. The van der Waals surface area contributed by atoms with E-state index in [1.54, 1.807) is 12.3 Å². The number of amides is 1. The lowest BCUT2D eigenvalue weighted by molar-refractivity contribution is 0.0237. The third kappa shape index (κ3) is 4.22. The zero-order valence-corrected chi connectivity index (χ0v) is 13.9. The third-order valence-electron chi connectivity index (χ3n) is 4.88. The van der Waals surface area contributed by atoms with Crippen LogP contribution in [0.5, 0.6) is 5.88 Å². The Morgan fingerprint density at radius 1 is 1.17 bits per heavy atom. The highest BCUT2D eigenvalue weighted by Gasteiger charge is 2.23. The van der Waals surface area contributed by atoms with Crippen molar-refractivity contribution in [2.75, 3.05) is 20.3 Å². The van der Waals surface area contributed by atoms with Crippen LogP contribution in [0, 0.1) is 0 Å². The number of rotatable bonds is 4. The molecule has 0 aromatic carbocycles. The van der Waals surface area contributed by atoms with Gasteiger partial charge >= 0.3 is 0 Å². The molecule has 1 aliphatic carbocycles. The Kier molecular flexibility index (Phi) is 5.49. The zero-order valence-electron chi connectivity index (χ0n) is 13.9. The molecule has 0 radical (unpaired) electrons. The lowest BCUT2D eigenvalue weighted by atomic mass is 9.94. The van der Waals surface area contributed by atoms with Crippen molar-refractivity contribution < 1.29 is 14.3 Å². The lowest BCUT2D eigenvalue weighted by Gasteiger charge is -2.31. The normalized spacial score (nSPS) is 20.2. The standard InChI is InChI=1S/C18H26N2O3/c1-20(15-5-3-2-4-6-15)18(21)14-7-8-17(19-13-14)23-16-9-11-22-12-10-16/h7-8,13,15-16H,2-6,9-12H2,1H3. The van der Waals surface area contributed by atoms with Crippen molar-refractivity contribution in [2.24, 2.45) is 0 Å². The number of hydrogen-bond acceptors (Lipinski definition) is 4. The lowest BCUT2D eigenvalue weighted by Crippen LogP contribution is -2.38. The summed E-state index contributed by atoms with van der Waals surface area (Å²) >= 11 is 0. The zero-order chi connectivity index (χ0) is 16.1. The highest BCUT2D eigenvalue weighted by atomic mass is 16.5. The van der Waals surface area contributed by atoms with Gasteiger partial charge in [0.05, 0.1) is 18.8 Å². The first-order chi connectivity index (χ1) is 11.2. The SMILES string of the molecule is CN(C(=O)c1ccc(OC2CCOCC2)nc1)C1CCCCC1. The summed E-state index contributed by atoms with van der Waals surface area (Å²) in [7, 11) is 1.91. The first-order valence-electron chi connectivity index (χ1n) is 8.71. The molecule has 2 fully saturated rings. The van der Waals surface area contributed by atoms with Crippen LogP contribution in [0.15, 0.2) is 18.3 Å². The van der Waals surface area contributed by atoms with Crippen LogP contribution in [0.2, 0.25) is 0 Å². The molecule has 0 unspecified atom stereocenters. The molecule has 126 valence electrons. The molecule has 2 heterocycles. The smallest absolute Gasteiger partial charge is 0.255 e. The number of ether oxygens (including phenoxy) is 2. The maximum Gasteiger partial charge on any atom is 0.255 e. The average Bonchev–Trinajstić information content (AvgIpc) is 2.63.